The van der Waals surface area contributed by atoms with Crippen molar-refractivity contribution in [3.8, 4) is 0 Å². The Hall–Kier alpha value is -0.570. The van der Waals surface area contributed by atoms with E-state index in [1.165, 1.54) is 19.3 Å². The predicted octanol–water partition coefficient (Wildman–Crippen LogP) is 2.71. The van der Waals surface area contributed by atoms with Gasteiger partial charge in [-0.3, -0.25) is 4.79 Å². The van der Waals surface area contributed by atoms with E-state index in [-0.39, 0.29) is 17.4 Å². The molecule has 0 bridgehead atoms. The lowest BCUT2D eigenvalue weighted by molar-refractivity contribution is -0.128. The molecule has 19 heavy (non-hydrogen) atoms. The first-order chi connectivity index (χ1) is 8.92. The van der Waals surface area contributed by atoms with E-state index in [1.807, 2.05) is 0 Å². The maximum Gasteiger partial charge on any atom is 0.237 e. The zero-order valence-electron chi connectivity index (χ0n) is 13.0. The molecule has 2 aliphatic rings. The molecule has 2 fully saturated rings. The molecule has 0 spiro atoms. The van der Waals surface area contributed by atoms with Crippen LogP contribution in [0.5, 0.6) is 0 Å². The Labute approximate surface area is 117 Å². The van der Waals surface area contributed by atoms with Gasteiger partial charge in [-0.05, 0) is 43.1 Å². The molecular weight excluding hydrogens is 236 g/mol. The van der Waals surface area contributed by atoms with Gasteiger partial charge in [-0.2, -0.15) is 0 Å². The molecule has 0 radical (unpaired) electrons. The van der Waals surface area contributed by atoms with E-state index in [0.717, 1.165) is 25.3 Å². The molecule has 1 saturated heterocycles. The summed E-state index contributed by atoms with van der Waals surface area (Å²) < 4.78 is 0. The van der Waals surface area contributed by atoms with Crippen LogP contribution in [0.3, 0.4) is 0 Å². The fourth-order valence-corrected chi connectivity index (χ4v) is 3.71. The Balaban J connectivity index is 1.96. The number of hydrogen-bond acceptors (Lipinski definition) is 2. The van der Waals surface area contributed by atoms with Crippen molar-refractivity contribution in [2.45, 2.75) is 71.9 Å². The van der Waals surface area contributed by atoms with Gasteiger partial charge >= 0.3 is 0 Å². The normalized spacial score (nSPS) is 38.7. The van der Waals surface area contributed by atoms with Crippen molar-refractivity contribution < 1.29 is 4.79 Å². The van der Waals surface area contributed by atoms with Crippen molar-refractivity contribution >= 4 is 5.91 Å². The van der Waals surface area contributed by atoms with E-state index in [2.05, 4.69) is 38.3 Å². The number of hydrogen-bond donors (Lipinski definition) is 2. The van der Waals surface area contributed by atoms with Crippen molar-refractivity contribution in [3.63, 3.8) is 0 Å². The number of piperidine rings is 1. The van der Waals surface area contributed by atoms with Crippen LogP contribution < -0.4 is 10.6 Å². The second-order valence-electron chi connectivity index (χ2n) is 7.36. The first-order valence-corrected chi connectivity index (χ1v) is 7.95. The van der Waals surface area contributed by atoms with E-state index < -0.39 is 0 Å². The smallest absolute Gasteiger partial charge is 0.237 e. The largest absolute Gasteiger partial charge is 0.352 e. The highest BCUT2D eigenvalue weighted by Crippen LogP contribution is 2.32. The summed E-state index contributed by atoms with van der Waals surface area (Å²) in [6, 6.07) is 0.349. The van der Waals surface area contributed by atoms with Gasteiger partial charge < -0.3 is 10.6 Å². The minimum Gasteiger partial charge on any atom is -0.352 e. The monoisotopic (exact) mass is 266 g/mol. The molecule has 4 unspecified atom stereocenters. The Morgan fingerprint density at radius 2 is 1.95 bits per heavy atom. The molecular formula is C16H30N2O. The van der Waals surface area contributed by atoms with Crippen LogP contribution >= 0.6 is 0 Å². The number of amides is 1. The maximum absolute atomic E-state index is 12.6. The highest BCUT2D eigenvalue weighted by Gasteiger charge is 2.38. The van der Waals surface area contributed by atoms with E-state index >= 15 is 0 Å². The molecule has 1 amide bonds. The summed E-state index contributed by atoms with van der Waals surface area (Å²) in [4.78, 5) is 12.6. The molecule has 2 N–H and O–H groups in total. The van der Waals surface area contributed by atoms with Crippen molar-refractivity contribution in [2.24, 2.45) is 17.3 Å². The number of carbonyl (C=O) groups excluding carboxylic acids is 1. The summed E-state index contributed by atoms with van der Waals surface area (Å²) in [5.74, 6) is 1.55. The average molecular weight is 266 g/mol. The molecule has 1 saturated carbocycles. The van der Waals surface area contributed by atoms with E-state index in [0.29, 0.717) is 12.0 Å². The molecule has 1 aliphatic carbocycles. The zero-order valence-corrected chi connectivity index (χ0v) is 13.0. The predicted molar refractivity (Wildman–Crippen MR) is 78.9 cm³/mol. The van der Waals surface area contributed by atoms with E-state index in [9.17, 15) is 4.79 Å². The van der Waals surface area contributed by atoms with Crippen molar-refractivity contribution in [2.75, 3.05) is 6.54 Å². The van der Waals surface area contributed by atoms with Crippen molar-refractivity contribution in [1.82, 2.24) is 10.6 Å². The summed E-state index contributed by atoms with van der Waals surface area (Å²) in [6.07, 6.45) is 6.01. The summed E-state index contributed by atoms with van der Waals surface area (Å²) in [5.41, 5.74) is 0.0753. The summed E-state index contributed by atoms with van der Waals surface area (Å²) in [7, 11) is 0. The first kappa shape index (κ1) is 14.8. The molecule has 110 valence electrons. The number of nitrogens with one attached hydrogen (secondary N) is 2. The van der Waals surface area contributed by atoms with Gasteiger partial charge in [-0.25, -0.2) is 0 Å². The topological polar surface area (TPSA) is 41.1 Å². The van der Waals surface area contributed by atoms with Crippen LogP contribution in [0.4, 0.5) is 0 Å². The third-order valence-corrected chi connectivity index (χ3v) is 5.42. The van der Waals surface area contributed by atoms with Gasteiger partial charge in [0, 0.05) is 6.04 Å². The second kappa shape index (κ2) is 5.82. The Bertz CT molecular complexity index is 327. The quantitative estimate of drug-likeness (QED) is 0.807. The second-order valence-corrected chi connectivity index (χ2v) is 7.36. The lowest BCUT2D eigenvalue weighted by atomic mass is 9.75. The fourth-order valence-electron chi connectivity index (χ4n) is 3.71. The highest BCUT2D eigenvalue weighted by atomic mass is 16.2. The fraction of sp³-hybridized carbons (Fsp3) is 0.938. The lowest BCUT2D eigenvalue weighted by Gasteiger charge is -2.41. The van der Waals surface area contributed by atoms with Crippen LogP contribution in [-0.2, 0) is 4.79 Å². The standard InChI is InChI=1S/C16H30N2O/c1-11-7-5-8-13(12(11)2)18-15(19)14-16(3,4)9-6-10-17-14/h11-14,17H,5-10H2,1-4H3,(H,18,19). The van der Waals surface area contributed by atoms with Crippen LogP contribution in [0, 0.1) is 17.3 Å². The van der Waals surface area contributed by atoms with Gasteiger partial charge in [-0.1, -0.05) is 40.5 Å². The van der Waals surface area contributed by atoms with Crippen LogP contribution in [-0.4, -0.2) is 24.5 Å². The highest BCUT2D eigenvalue weighted by molar-refractivity contribution is 5.83. The van der Waals surface area contributed by atoms with Gasteiger partial charge in [0.2, 0.25) is 5.91 Å². The number of carbonyl (C=O) groups is 1. The molecule has 3 nitrogen and oxygen atoms in total. The van der Waals surface area contributed by atoms with Gasteiger partial charge in [0.05, 0.1) is 6.04 Å². The van der Waals surface area contributed by atoms with Gasteiger partial charge in [0.1, 0.15) is 0 Å². The minimum absolute atomic E-state index is 0.0225. The molecule has 0 aromatic heterocycles. The molecule has 0 aromatic carbocycles. The third kappa shape index (κ3) is 3.31. The van der Waals surface area contributed by atoms with Crippen LogP contribution in [0.15, 0.2) is 0 Å². The van der Waals surface area contributed by atoms with Crippen LogP contribution in [0.1, 0.15) is 59.8 Å². The van der Waals surface area contributed by atoms with Crippen molar-refractivity contribution in [1.29, 1.82) is 0 Å². The minimum atomic E-state index is -0.0225. The van der Waals surface area contributed by atoms with Crippen LogP contribution in [0.2, 0.25) is 0 Å². The van der Waals surface area contributed by atoms with Gasteiger partial charge in [0.15, 0.2) is 0 Å². The van der Waals surface area contributed by atoms with Gasteiger partial charge in [-0.15, -0.1) is 0 Å². The molecule has 3 heteroatoms. The van der Waals surface area contributed by atoms with Crippen LogP contribution in [0.25, 0.3) is 0 Å². The summed E-state index contributed by atoms with van der Waals surface area (Å²) in [5, 5.41) is 6.74. The Kier molecular flexibility index (Phi) is 4.54. The lowest BCUT2D eigenvalue weighted by Crippen LogP contribution is -2.58. The van der Waals surface area contributed by atoms with E-state index in [1.54, 1.807) is 0 Å². The van der Waals surface area contributed by atoms with E-state index in [4.69, 9.17) is 0 Å². The van der Waals surface area contributed by atoms with Crippen molar-refractivity contribution in [3.05, 3.63) is 0 Å². The third-order valence-electron chi connectivity index (χ3n) is 5.42. The zero-order chi connectivity index (χ0) is 14.0. The number of rotatable bonds is 2. The average Bonchev–Trinajstić information content (AvgIpc) is 2.34. The molecule has 0 aromatic rings. The summed E-state index contributed by atoms with van der Waals surface area (Å²) in [6.45, 7) is 9.98. The molecule has 1 aliphatic heterocycles. The molecule has 1 heterocycles. The molecule has 2 rings (SSSR count). The molecule has 4 atom stereocenters. The van der Waals surface area contributed by atoms with Gasteiger partial charge in [0.25, 0.3) is 0 Å². The first-order valence-electron chi connectivity index (χ1n) is 7.95. The Morgan fingerprint density at radius 3 is 2.63 bits per heavy atom. The Morgan fingerprint density at radius 1 is 1.21 bits per heavy atom. The maximum atomic E-state index is 12.6. The SMILES string of the molecule is CC1CCCC(NC(=O)C2NCCCC2(C)C)C1C. The summed E-state index contributed by atoms with van der Waals surface area (Å²) >= 11 is 0.